The van der Waals surface area contributed by atoms with E-state index in [0.29, 0.717) is 27.7 Å². The third-order valence-corrected chi connectivity index (χ3v) is 5.45. The molecule has 0 saturated carbocycles. The van der Waals surface area contributed by atoms with Gasteiger partial charge >= 0.3 is 0 Å². The molecule has 0 fully saturated rings. The SMILES string of the molecule is Cc1ccc(C)c(NC(=O)/C(C#N)=C/c2ccc(Cc3ccccc3Cl)c(Cl)c2)c1. The zero-order valence-corrected chi connectivity index (χ0v) is 18.2. The van der Waals surface area contributed by atoms with Crippen LogP contribution in [0.15, 0.2) is 66.2 Å². The first-order valence-electron chi connectivity index (χ1n) is 9.39. The van der Waals surface area contributed by atoms with Crippen molar-refractivity contribution in [1.82, 2.24) is 0 Å². The molecule has 3 nitrogen and oxygen atoms in total. The standard InChI is InChI=1S/C25H20Cl2N2O/c1-16-7-8-17(2)24(11-16)29-25(30)21(15-28)12-18-9-10-20(23(27)13-18)14-19-5-3-4-6-22(19)26/h3-13H,14H2,1-2H3,(H,29,30)/b21-12+. The minimum absolute atomic E-state index is 0.00540. The van der Waals surface area contributed by atoms with Crippen LogP contribution < -0.4 is 5.32 Å². The van der Waals surface area contributed by atoms with Crippen molar-refractivity contribution in [1.29, 1.82) is 5.26 Å². The van der Waals surface area contributed by atoms with Gasteiger partial charge < -0.3 is 5.32 Å². The Kier molecular flexibility index (Phi) is 6.95. The van der Waals surface area contributed by atoms with Crippen LogP contribution in [-0.2, 0) is 11.2 Å². The maximum atomic E-state index is 12.6. The maximum absolute atomic E-state index is 12.6. The lowest BCUT2D eigenvalue weighted by Crippen LogP contribution is -2.14. The van der Waals surface area contributed by atoms with E-state index in [1.54, 1.807) is 6.07 Å². The molecule has 0 bridgehead atoms. The lowest BCUT2D eigenvalue weighted by Gasteiger charge is -2.09. The second-order valence-electron chi connectivity index (χ2n) is 7.06. The molecule has 30 heavy (non-hydrogen) atoms. The average molecular weight is 435 g/mol. The average Bonchev–Trinajstić information content (AvgIpc) is 2.72. The molecule has 3 rings (SSSR count). The summed E-state index contributed by atoms with van der Waals surface area (Å²) in [6.07, 6.45) is 2.13. The number of hydrogen-bond acceptors (Lipinski definition) is 2. The second-order valence-corrected chi connectivity index (χ2v) is 7.88. The molecule has 0 aromatic heterocycles. The number of anilines is 1. The monoisotopic (exact) mass is 434 g/mol. The number of nitrogens with one attached hydrogen (secondary N) is 1. The largest absolute Gasteiger partial charge is 0.321 e. The Labute approximate surface area is 186 Å². The molecule has 0 atom stereocenters. The predicted octanol–water partition coefficient (Wildman–Crippen LogP) is 6.75. The van der Waals surface area contributed by atoms with Crippen LogP contribution in [0, 0.1) is 25.2 Å². The van der Waals surface area contributed by atoms with Crippen LogP contribution in [0.1, 0.15) is 27.8 Å². The quantitative estimate of drug-likeness (QED) is 0.356. The molecule has 150 valence electrons. The molecule has 0 radical (unpaired) electrons. The molecular formula is C25H20Cl2N2O. The number of nitriles is 1. The van der Waals surface area contributed by atoms with Crippen LogP contribution in [0.25, 0.3) is 6.08 Å². The third kappa shape index (κ3) is 5.30. The number of amides is 1. The van der Waals surface area contributed by atoms with Crippen molar-refractivity contribution in [3.05, 3.63) is 104 Å². The molecule has 0 spiro atoms. The number of carbonyl (C=O) groups excluding carboxylic acids is 1. The first-order chi connectivity index (χ1) is 14.4. The zero-order valence-electron chi connectivity index (χ0n) is 16.7. The van der Waals surface area contributed by atoms with Crippen LogP contribution in [0.5, 0.6) is 0 Å². The highest BCUT2D eigenvalue weighted by Gasteiger charge is 2.12. The third-order valence-electron chi connectivity index (χ3n) is 4.73. The molecule has 0 saturated heterocycles. The van der Waals surface area contributed by atoms with Crippen LogP contribution >= 0.6 is 23.2 Å². The van der Waals surface area contributed by atoms with E-state index in [-0.39, 0.29) is 5.57 Å². The van der Waals surface area contributed by atoms with Gasteiger partial charge in [-0.1, -0.05) is 65.7 Å². The van der Waals surface area contributed by atoms with Crippen molar-refractivity contribution >= 4 is 40.9 Å². The van der Waals surface area contributed by atoms with Gasteiger partial charge in [-0.15, -0.1) is 0 Å². The smallest absolute Gasteiger partial charge is 0.266 e. The van der Waals surface area contributed by atoms with E-state index in [1.807, 2.05) is 74.5 Å². The lowest BCUT2D eigenvalue weighted by atomic mass is 10.0. The van der Waals surface area contributed by atoms with E-state index in [0.717, 1.165) is 22.3 Å². The number of rotatable bonds is 5. The van der Waals surface area contributed by atoms with Crippen LogP contribution in [0.4, 0.5) is 5.69 Å². The van der Waals surface area contributed by atoms with Gasteiger partial charge in [0.15, 0.2) is 0 Å². The van der Waals surface area contributed by atoms with Gasteiger partial charge in [0.05, 0.1) is 0 Å². The summed E-state index contributed by atoms with van der Waals surface area (Å²) in [6.45, 7) is 3.85. The topological polar surface area (TPSA) is 52.9 Å². The molecular weight excluding hydrogens is 415 g/mol. The maximum Gasteiger partial charge on any atom is 0.266 e. The van der Waals surface area contributed by atoms with E-state index >= 15 is 0 Å². The van der Waals surface area contributed by atoms with Gasteiger partial charge in [-0.05, 0) is 65.9 Å². The van der Waals surface area contributed by atoms with Gasteiger partial charge in [0.1, 0.15) is 11.6 Å². The van der Waals surface area contributed by atoms with Crippen molar-refractivity contribution in [2.45, 2.75) is 20.3 Å². The molecule has 0 heterocycles. The van der Waals surface area contributed by atoms with Gasteiger partial charge in [0.25, 0.3) is 5.91 Å². The molecule has 0 unspecified atom stereocenters. The summed E-state index contributed by atoms with van der Waals surface area (Å²) in [7, 11) is 0. The summed E-state index contributed by atoms with van der Waals surface area (Å²) in [5.74, 6) is -0.456. The molecule has 1 N–H and O–H groups in total. The van der Waals surface area contributed by atoms with E-state index in [2.05, 4.69) is 5.32 Å². The van der Waals surface area contributed by atoms with Crippen LogP contribution in [-0.4, -0.2) is 5.91 Å². The summed E-state index contributed by atoms with van der Waals surface area (Å²) >= 11 is 12.7. The van der Waals surface area contributed by atoms with Gasteiger partial charge in [0.2, 0.25) is 0 Å². The Hall–Kier alpha value is -3.06. The van der Waals surface area contributed by atoms with Gasteiger partial charge in [0, 0.05) is 22.2 Å². The van der Waals surface area contributed by atoms with Gasteiger partial charge in [-0.25, -0.2) is 0 Å². The Bertz CT molecular complexity index is 1180. The fourth-order valence-electron chi connectivity index (χ4n) is 3.02. The van der Waals surface area contributed by atoms with Crippen molar-refractivity contribution in [2.75, 3.05) is 5.32 Å². The number of benzene rings is 3. The van der Waals surface area contributed by atoms with Crippen molar-refractivity contribution in [3.63, 3.8) is 0 Å². The summed E-state index contributed by atoms with van der Waals surface area (Å²) in [6, 6.07) is 20.8. The molecule has 0 aliphatic rings. The fraction of sp³-hybridized carbons (Fsp3) is 0.120. The zero-order chi connectivity index (χ0) is 21.7. The summed E-state index contributed by atoms with van der Waals surface area (Å²) in [5, 5.41) is 13.5. The van der Waals surface area contributed by atoms with Crippen LogP contribution in [0.3, 0.4) is 0 Å². The highest BCUT2D eigenvalue weighted by molar-refractivity contribution is 6.32. The Morgan fingerprint density at radius 2 is 1.73 bits per heavy atom. The molecule has 3 aromatic carbocycles. The Morgan fingerprint density at radius 3 is 2.43 bits per heavy atom. The van der Waals surface area contributed by atoms with Gasteiger partial charge in [-0.3, -0.25) is 4.79 Å². The highest BCUT2D eigenvalue weighted by atomic mass is 35.5. The summed E-state index contributed by atoms with van der Waals surface area (Å²) in [4.78, 5) is 12.6. The summed E-state index contributed by atoms with van der Waals surface area (Å²) < 4.78 is 0. The Morgan fingerprint density at radius 1 is 1.00 bits per heavy atom. The number of nitrogens with zero attached hydrogens (tertiary/aromatic N) is 1. The minimum Gasteiger partial charge on any atom is -0.321 e. The van der Waals surface area contributed by atoms with E-state index < -0.39 is 5.91 Å². The minimum atomic E-state index is -0.456. The normalized spacial score (nSPS) is 11.1. The molecule has 3 aromatic rings. The van der Waals surface area contributed by atoms with E-state index in [1.165, 1.54) is 6.08 Å². The summed E-state index contributed by atoms with van der Waals surface area (Å²) in [5.41, 5.74) is 5.23. The molecule has 0 aliphatic heterocycles. The number of aryl methyl sites for hydroxylation is 2. The van der Waals surface area contributed by atoms with Crippen molar-refractivity contribution in [3.8, 4) is 6.07 Å². The van der Waals surface area contributed by atoms with Crippen molar-refractivity contribution in [2.24, 2.45) is 0 Å². The lowest BCUT2D eigenvalue weighted by molar-refractivity contribution is -0.112. The van der Waals surface area contributed by atoms with E-state index in [4.69, 9.17) is 23.2 Å². The molecule has 5 heteroatoms. The van der Waals surface area contributed by atoms with Gasteiger partial charge in [-0.2, -0.15) is 5.26 Å². The van der Waals surface area contributed by atoms with Crippen LogP contribution in [0.2, 0.25) is 10.0 Å². The Balaban J connectivity index is 1.81. The second kappa shape index (κ2) is 9.63. The highest BCUT2D eigenvalue weighted by Crippen LogP contribution is 2.25. The first-order valence-corrected chi connectivity index (χ1v) is 10.1. The molecule has 1 amide bonds. The number of carbonyl (C=O) groups is 1. The fourth-order valence-corrected chi connectivity index (χ4v) is 3.48. The predicted molar refractivity (Wildman–Crippen MR) is 124 cm³/mol. The van der Waals surface area contributed by atoms with E-state index in [9.17, 15) is 10.1 Å². The number of halogens is 2. The first kappa shape index (κ1) is 21.6. The molecule has 0 aliphatic carbocycles. The number of hydrogen-bond donors (Lipinski definition) is 1. The van der Waals surface area contributed by atoms with Crippen molar-refractivity contribution < 1.29 is 4.79 Å².